The molecule has 1 aromatic rings. The molecule has 1 heteroatoms. The van der Waals surface area contributed by atoms with Gasteiger partial charge in [-0.15, -0.1) is 0 Å². The summed E-state index contributed by atoms with van der Waals surface area (Å²) in [6.07, 6.45) is 12.2. The topological polar surface area (TPSA) is 3.24 Å². The molecule has 0 bridgehead atoms. The van der Waals surface area contributed by atoms with Crippen molar-refractivity contribution in [3.8, 4) is 0 Å². The smallest absolute Gasteiger partial charge is 0.0492 e. The summed E-state index contributed by atoms with van der Waals surface area (Å²) in [5.41, 5.74) is 7.85. The van der Waals surface area contributed by atoms with Crippen LogP contribution in [0.2, 0.25) is 0 Å². The third-order valence-corrected chi connectivity index (χ3v) is 4.54. The highest BCUT2D eigenvalue weighted by Gasteiger charge is 2.24. The zero-order chi connectivity index (χ0) is 18.4. The van der Waals surface area contributed by atoms with E-state index in [2.05, 4.69) is 107 Å². The van der Waals surface area contributed by atoms with E-state index < -0.39 is 0 Å². The molecule has 0 aliphatic carbocycles. The van der Waals surface area contributed by atoms with Crippen LogP contribution in [0.1, 0.15) is 48.0 Å². The van der Waals surface area contributed by atoms with Gasteiger partial charge in [0.1, 0.15) is 0 Å². The molecule has 1 aliphatic heterocycles. The molecule has 1 heterocycles. The van der Waals surface area contributed by atoms with Crippen molar-refractivity contribution < 1.29 is 0 Å². The highest BCUT2D eigenvalue weighted by atomic mass is 15.2. The van der Waals surface area contributed by atoms with Crippen molar-refractivity contribution in [1.82, 2.24) is 0 Å². The molecule has 0 saturated carbocycles. The first-order valence-corrected chi connectivity index (χ1v) is 9.21. The molecule has 1 nitrogen and oxygen atoms in total. The Hall–Kier alpha value is -2.28. The molecule has 0 fully saturated rings. The first kappa shape index (κ1) is 19.1. The second-order valence-corrected chi connectivity index (χ2v) is 6.95. The molecule has 0 amide bonds. The standard InChI is InChI=1S/C24H31N/c1-7-12-19(5)20(6)24-17-21(8-2)16-23(15-18(3)4)25(24)22-13-10-9-11-14-22/h7-15,17-18H,16H2,1-6H3/b12-7-,20-19-,21-8+,23-15+. The van der Waals surface area contributed by atoms with Crippen LogP contribution in [0.3, 0.4) is 0 Å². The van der Waals surface area contributed by atoms with Gasteiger partial charge in [-0.3, -0.25) is 0 Å². The Balaban J connectivity index is 2.69. The van der Waals surface area contributed by atoms with E-state index in [0.717, 1.165) is 6.42 Å². The highest BCUT2D eigenvalue weighted by molar-refractivity contribution is 5.67. The van der Waals surface area contributed by atoms with E-state index >= 15 is 0 Å². The van der Waals surface area contributed by atoms with Gasteiger partial charge in [-0.2, -0.15) is 0 Å². The van der Waals surface area contributed by atoms with Gasteiger partial charge in [-0.1, -0.05) is 56.4 Å². The fourth-order valence-corrected chi connectivity index (χ4v) is 3.17. The van der Waals surface area contributed by atoms with Crippen molar-refractivity contribution in [2.75, 3.05) is 4.90 Å². The lowest BCUT2D eigenvalue weighted by Crippen LogP contribution is -2.27. The van der Waals surface area contributed by atoms with Crippen molar-refractivity contribution in [2.24, 2.45) is 5.92 Å². The van der Waals surface area contributed by atoms with Gasteiger partial charge in [0.2, 0.25) is 0 Å². The van der Waals surface area contributed by atoms with Crippen molar-refractivity contribution in [2.45, 2.75) is 48.0 Å². The number of anilines is 1. The minimum Gasteiger partial charge on any atom is -0.314 e. The van der Waals surface area contributed by atoms with E-state index in [1.165, 1.54) is 33.8 Å². The van der Waals surface area contributed by atoms with Crippen molar-refractivity contribution in [3.63, 3.8) is 0 Å². The van der Waals surface area contributed by atoms with Crippen LogP contribution in [0, 0.1) is 5.92 Å². The van der Waals surface area contributed by atoms with Gasteiger partial charge < -0.3 is 4.90 Å². The Bertz CT molecular complexity index is 740. The molecule has 0 atom stereocenters. The van der Waals surface area contributed by atoms with Crippen LogP contribution in [-0.4, -0.2) is 0 Å². The Labute approximate surface area is 153 Å². The van der Waals surface area contributed by atoms with Crippen LogP contribution < -0.4 is 4.90 Å². The monoisotopic (exact) mass is 333 g/mol. The van der Waals surface area contributed by atoms with Crippen LogP contribution in [0.15, 0.2) is 88.8 Å². The maximum Gasteiger partial charge on any atom is 0.0492 e. The predicted molar refractivity (Wildman–Crippen MR) is 111 cm³/mol. The summed E-state index contributed by atoms with van der Waals surface area (Å²) in [6.45, 7) is 13.1. The molecule has 0 N–H and O–H groups in total. The fraction of sp³-hybridized carbons (Fsp3) is 0.333. The molecule has 0 saturated heterocycles. The van der Waals surface area contributed by atoms with Gasteiger partial charge >= 0.3 is 0 Å². The maximum absolute atomic E-state index is 2.43. The van der Waals surface area contributed by atoms with Gasteiger partial charge in [0, 0.05) is 23.5 Å². The van der Waals surface area contributed by atoms with Gasteiger partial charge in [0.05, 0.1) is 0 Å². The van der Waals surface area contributed by atoms with E-state index in [4.69, 9.17) is 0 Å². The van der Waals surface area contributed by atoms with Crippen LogP contribution in [0.25, 0.3) is 0 Å². The Morgan fingerprint density at radius 1 is 1.08 bits per heavy atom. The molecule has 25 heavy (non-hydrogen) atoms. The van der Waals surface area contributed by atoms with E-state index in [9.17, 15) is 0 Å². The number of para-hydroxylation sites is 1. The van der Waals surface area contributed by atoms with Crippen molar-refractivity contribution in [3.05, 3.63) is 88.8 Å². The molecule has 0 aromatic heterocycles. The van der Waals surface area contributed by atoms with Crippen LogP contribution in [-0.2, 0) is 0 Å². The number of nitrogens with zero attached hydrogens (tertiary/aromatic N) is 1. The normalized spacial score (nSPS) is 19.8. The molecular weight excluding hydrogens is 302 g/mol. The van der Waals surface area contributed by atoms with E-state index in [1.807, 2.05) is 0 Å². The summed E-state index contributed by atoms with van der Waals surface area (Å²) in [4.78, 5) is 2.43. The first-order chi connectivity index (χ1) is 12.0. The second kappa shape index (κ2) is 8.71. The molecule has 1 aliphatic rings. The number of hydrogen-bond acceptors (Lipinski definition) is 1. The molecule has 0 unspecified atom stereocenters. The lowest BCUT2D eigenvalue weighted by Gasteiger charge is -2.35. The molecule has 0 spiro atoms. The number of allylic oxidation sites excluding steroid dienone is 8. The van der Waals surface area contributed by atoms with Gasteiger partial charge in [0.15, 0.2) is 0 Å². The SMILES string of the molecule is C/C=C\C(C)=C(\C)C1=C/C(=C/C)C/C(=C\C(C)C)N1c1ccccc1. The van der Waals surface area contributed by atoms with Gasteiger partial charge in [0.25, 0.3) is 0 Å². The Morgan fingerprint density at radius 2 is 1.76 bits per heavy atom. The van der Waals surface area contributed by atoms with Crippen molar-refractivity contribution >= 4 is 5.69 Å². The molecule has 0 radical (unpaired) electrons. The summed E-state index contributed by atoms with van der Waals surface area (Å²) in [5, 5.41) is 0. The first-order valence-electron chi connectivity index (χ1n) is 9.21. The summed E-state index contributed by atoms with van der Waals surface area (Å²) in [5.74, 6) is 0.514. The van der Waals surface area contributed by atoms with Crippen molar-refractivity contribution in [1.29, 1.82) is 0 Å². The van der Waals surface area contributed by atoms with Crippen LogP contribution in [0.4, 0.5) is 5.69 Å². The summed E-state index contributed by atoms with van der Waals surface area (Å²) in [7, 11) is 0. The van der Waals surface area contributed by atoms with E-state index in [0.29, 0.717) is 5.92 Å². The summed E-state index contributed by atoms with van der Waals surface area (Å²) < 4.78 is 0. The van der Waals surface area contributed by atoms with E-state index in [-0.39, 0.29) is 0 Å². The lowest BCUT2D eigenvalue weighted by molar-refractivity contribution is 0.800. The van der Waals surface area contributed by atoms with Crippen LogP contribution >= 0.6 is 0 Å². The Kier molecular flexibility index (Phi) is 6.64. The second-order valence-electron chi connectivity index (χ2n) is 6.95. The third-order valence-electron chi connectivity index (χ3n) is 4.54. The highest BCUT2D eigenvalue weighted by Crippen LogP contribution is 2.37. The zero-order valence-electron chi connectivity index (χ0n) is 16.5. The Morgan fingerprint density at radius 3 is 2.32 bits per heavy atom. The molecule has 2 rings (SSSR count). The van der Waals surface area contributed by atoms with Gasteiger partial charge in [-0.05, 0) is 68.5 Å². The average molecular weight is 334 g/mol. The molecule has 132 valence electrons. The maximum atomic E-state index is 2.43. The largest absolute Gasteiger partial charge is 0.314 e. The lowest BCUT2D eigenvalue weighted by atomic mass is 9.94. The number of hydrogen-bond donors (Lipinski definition) is 0. The predicted octanol–water partition coefficient (Wildman–Crippen LogP) is 7.18. The summed E-state index contributed by atoms with van der Waals surface area (Å²) >= 11 is 0. The van der Waals surface area contributed by atoms with Crippen LogP contribution in [0.5, 0.6) is 0 Å². The third kappa shape index (κ3) is 4.63. The zero-order valence-corrected chi connectivity index (χ0v) is 16.5. The average Bonchev–Trinajstić information content (AvgIpc) is 2.60. The quantitative estimate of drug-likeness (QED) is 0.527. The summed E-state index contributed by atoms with van der Waals surface area (Å²) in [6, 6.07) is 10.7. The molecular formula is C24H31N. The number of benzene rings is 1. The fourth-order valence-electron chi connectivity index (χ4n) is 3.17. The van der Waals surface area contributed by atoms with Gasteiger partial charge in [-0.25, -0.2) is 0 Å². The van der Waals surface area contributed by atoms with E-state index in [1.54, 1.807) is 0 Å². The number of rotatable bonds is 4. The molecule has 1 aromatic carbocycles. The minimum absolute atomic E-state index is 0.514. The minimum atomic E-state index is 0.514.